The molecule has 0 spiro atoms. The number of rotatable bonds is 6. The number of aryl methyl sites for hydroxylation is 1. The van der Waals surface area contributed by atoms with Crippen molar-refractivity contribution >= 4 is 11.8 Å². The Labute approximate surface area is 121 Å². The van der Waals surface area contributed by atoms with Crippen LogP contribution in [-0.4, -0.2) is 40.4 Å². The van der Waals surface area contributed by atoms with E-state index in [-0.39, 0.29) is 0 Å². The molecule has 0 bridgehead atoms. The van der Waals surface area contributed by atoms with E-state index < -0.39 is 0 Å². The highest BCUT2D eigenvalue weighted by molar-refractivity contribution is 7.98. The van der Waals surface area contributed by atoms with E-state index in [0.29, 0.717) is 11.8 Å². The van der Waals surface area contributed by atoms with Crippen LogP contribution in [0.4, 0.5) is 0 Å². The smallest absolute Gasteiger partial charge is 0.210 e. The Bertz CT molecular complexity index is 544. The standard InChI is InChI=1S/C11H18N8S/c1-2-7-18-10(12-14-16-18)8-20-11-13-15-17-19(11)9-5-3-4-6-9/h9H,2-8H2,1H3. The molecule has 0 aromatic carbocycles. The number of hydrogen-bond acceptors (Lipinski definition) is 7. The lowest BCUT2D eigenvalue weighted by Crippen LogP contribution is -2.09. The minimum absolute atomic E-state index is 0.458. The summed E-state index contributed by atoms with van der Waals surface area (Å²) < 4.78 is 3.81. The van der Waals surface area contributed by atoms with Gasteiger partial charge in [0.05, 0.1) is 11.8 Å². The van der Waals surface area contributed by atoms with Crippen molar-refractivity contribution in [2.24, 2.45) is 0 Å². The van der Waals surface area contributed by atoms with E-state index in [1.54, 1.807) is 11.8 Å². The average Bonchev–Trinajstić information content (AvgIpc) is 3.18. The molecule has 20 heavy (non-hydrogen) atoms. The summed E-state index contributed by atoms with van der Waals surface area (Å²) in [5.74, 6) is 1.57. The van der Waals surface area contributed by atoms with Crippen molar-refractivity contribution < 1.29 is 0 Å². The molecule has 0 N–H and O–H groups in total. The molecule has 2 heterocycles. The maximum absolute atomic E-state index is 4.13. The van der Waals surface area contributed by atoms with Crippen LogP contribution in [0.1, 0.15) is 50.9 Å². The van der Waals surface area contributed by atoms with E-state index in [1.807, 2.05) is 9.36 Å². The summed E-state index contributed by atoms with van der Waals surface area (Å²) >= 11 is 1.60. The molecule has 0 radical (unpaired) electrons. The molecule has 1 fully saturated rings. The van der Waals surface area contributed by atoms with Gasteiger partial charge in [0.1, 0.15) is 0 Å². The van der Waals surface area contributed by atoms with E-state index >= 15 is 0 Å². The van der Waals surface area contributed by atoms with Crippen LogP contribution in [0.15, 0.2) is 5.16 Å². The number of hydrogen-bond donors (Lipinski definition) is 0. The van der Waals surface area contributed by atoms with Crippen molar-refractivity contribution in [2.75, 3.05) is 0 Å². The Morgan fingerprint density at radius 3 is 2.75 bits per heavy atom. The molecule has 9 heteroatoms. The predicted octanol–water partition coefficient (Wildman–Crippen LogP) is 1.48. The number of thioether (sulfide) groups is 1. The predicted molar refractivity (Wildman–Crippen MR) is 73.0 cm³/mol. The van der Waals surface area contributed by atoms with Gasteiger partial charge < -0.3 is 0 Å². The molecule has 0 aliphatic heterocycles. The summed E-state index contributed by atoms with van der Waals surface area (Å²) in [5.41, 5.74) is 0. The van der Waals surface area contributed by atoms with Crippen molar-refractivity contribution in [1.29, 1.82) is 0 Å². The van der Waals surface area contributed by atoms with Crippen LogP contribution in [-0.2, 0) is 12.3 Å². The van der Waals surface area contributed by atoms with Crippen LogP contribution >= 0.6 is 11.8 Å². The Balaban J connectivity index is 1.66. The van der Waals surface area contributed by atoms with Crippen LogP contribution in [0.5, 0.6) is 0 Å². The highest BCUT2D eigenvalue weighted by Crippen LogP contribution is 2.31. The zero-order valence-corrected chi connectivity index (χ0v) is 12.3. The minimum Gasteiger partial charge on any atom is -0.229 e. The number of aromatic nitrogens is 8. The fourth-order valence-electron chi connectivity index (χ4n) is 2.50. The molecule has 0 amide bonds. The second-order valence-electron chi connectivity index (χ2n) is 4.95. The maximum atomic E-state index is 4.13. The second-order valence-corrected chi connectivity index (χ2v) is 5.89. The number of tetrazole rings is 2. The van der Waals surface area contributed by atoms with Crippen LogP contribution in [0.25, 0.3) is 0 Å². The van der Waals surface area contributed by atoms with Crippen molar-refractivity contribution in [3.63, 3.8) is 0 Å². The largest absolute Gasteiger partial charge is 0.229 e. The summed E-state index contributed by atoms with van der Waals surface area (Å²) in [5, 5.41) is 24.7. The fourth-order valence-corrected chi connectivity index (χ4v) is 3.38. The Kier molecular flexibility index (Phi) is 4.24. The van der Waals surface area contributed by atoms with E-state index in [4.69, 9.17) is 0 Å². The van der Waals surface area contributed by atoms with Gasteiger partial charge in [0.15, 0.2) is 5.82 Å². The van der Waals surface area contributed by atoms with E-state index in [0.717, 1.165) is 23.9 Å². The zero-order chi connectivity index (χ0) is 13.8. The van der Waals surface area contributed by atoms with Gasteiger partial charge in [-0.15, -0.1) is 10.2 Å². The fraction of sp³-hybridized carbons (Fsp3) is 0.818. The molecular weight excluding hydrogens is 276 g/mol. The van der Waals surface area contributed by atoms with Crippen molar-refractivity contribution in [2.45, 2.75) is 62.5 Å². The molecule has 0 atom stereocenters. The molecule has 2 aromatic rings. The summed E-state index contributed by atoms with van der Waals surface area (Å²) in [6.45, 7) is 2.95. The first kappa shape index (κ1) is 13.5. The summed E-state index contributed by atoms with van der Waals surface area (Å²) in [6, 6.07) is 0.458. The first-order valence-electron chi connectivity index (χ1n) is 7.04. The van der Waals surface area contributed by atoms with Gasteiger partial charge in [-0.1, -0.05) is 31.5 Å². The third-order valence-electron chi connectivity index (χ3n) is 3.51. The average molecular weight is 294 g/mol. The van der Waals surface area contributed by atoms with Crippen molar-refractivity contribution in [3.05, 3.63) is 5.82 Å². The van der Waals surface area contributed by atoms with E-state index in [9.17, 15) is 0 Å². The third-order valence-corrected chi connectivity index (χ3v) is 4.43. The molecule has 1 aliphatic carbocycles. The summed E-state index contributed by atoms with van der Waals surface area (Å²) in [6.07, 6.45) is 5.90. The highest BCUT2D eigenvalue weighted by Gasteiger charge is 2.22. The van der Waals surface area contributed by atoms with Crippen LogP contribution in [0.2, 0.25) is 0 Å². The van der Waals surface area contributed by atoms with Crippen LogP contribution in [0, 0.1) is 0 Å². The maximum Gasteiger partial charge on any atom is 0.210 e. The van der Waals surface area contributed by atoms with Gasteiger partial charge in [0.2, 0.25) is 5.16 Å². The Hall–Kier alpha value is -1.51. The van der Waals surface area contributed by atoms with E-state index in [1.165, 1.54) is 25.7 Å². The summed E-state index contributed by atoms with van der Waals surface area (Å²) in [7, 11) is 0. The van der Waals surface area contributed by atoms with Crippen molar-refractivity contribution in [3.8, 4) is 0 Å². The van der Waals surface area contributed by atoms with Gasteiger partial charge in [-0.3, -0.25) is 0 Å². The monoisotopic (exact) mass is 294 g/mol. The quantitative estimate of drug-likeness (QED) is 0.745. The Morgan fingerprint density at radius 1 is 1.15 bits per heavy atom. The highest BCUT2D eigenvalue weighted by atomic mass is 32.2. The molecular formula is C11H18N8S. The first-order valence-corrected chi connectivity index (χ1v) is 8.02. The van der Waals surface area contributed by atoms with E-state index in [2.05, 4.69) is 38.0 Å². The van der Waals surface area contributed by atoms with Gasteiger partial charge in [-0.2, -0.15) is 0 Å². The zero-order valence-electron chi connectivity index (χ0n) is 11.5. The third kappa shape index (κ3) is 2.82. The van der Waals surface area contributed by atoms with Gasteiger partial charge in [0, 0.05) is 6.54 Å². The molecule has 3 rings (SSSR count). The van der Waals surface area contributed by atoms with Gasteiger partial charge in [0.25, 0.3) is 0 Å². The number of nitrogens with zero attached hydrogens (tertiary/aromatic N) is 8. The van der Waals surface area contributed by atoms with Gasteiger partial charge >= 0.3 is 0 Å². The SMILES string of the molecule is CCCn1nnnc1CSc1nnnn1C1CCCC1. The Morgan fingerprint density at radius 2 is 1.95 bits per heavy atom. The first-order chi connectivity index (χ1) is 9.88. The normalized spacial score (nSPS) is 16.1. The summed E-state index contributed by atoms with van der Waals surface area (Å²) in [4.78, 5) is 0. The molecule has 0 saturated heterocycles. The topological polar surface area (TPSA) is 87.2 Å². The van der Waals surface area contributed by atoms with Crippen LogP contribution < -0.4 is 0 Å². The van der Waals surface area contributed by atoms with Gasteiger partial charge in [-0.05, 0) is 40.1 Å². The molecule has 1 aliphatic rings. The minimum atomic E-state index is 0.458. The molecule has 8 nitrogen and oxygen atoms in total. The second kappa shape index (κ2) is 6.29. The lowest BCUT2D eigenvalue weighted by molar-refractivity contribution is 0.423. The molecule has 2 aromatic heterocycles. The van der Waals surface area contributed by atoms with Crippen LogP contribution in [0.3, 0.4) is 0 Å². The van der Waals surface area contributed by atoms with Gasteiger partial charge in [-0.25, -0.2) is 9.36 Å². The lowest BCUT2D eigenvalue weighted by Gasteiger charge is -2.10. The van der Waals surface area contributed by atoms with Crippen molar-refractivity contribution in [1.82, 2.24) is 40.4 Å². The molecule has 108 valence electrons. The molecule has 1 saturated carbocycles. The lowest BCUT2D eigenvalue weighted by atomic mass is 10.3. The molecule has 0 unspecified atom stereocenters.